The fraction of sp³-hybridized carbons (Fsp3) is 0.472. The molecule has 0 N–H and O–H groups in total. The zero-order valence-corrected chi connectivity index (χ0v) is 71.8. The molecular weight excluding hydrogens is 1270 g/mol. The molecule has 2 aromatic carbocycles. The molecule has 0 radical (unpaired) electrons. The van der Waals surface area contributed by atoms with Gasteiger partial charge < -0.3 is 8.97 Å². The van der Waals surface area contributed by atoms with Gasteiger partial charge in [0, 0.05) is 80.8 Å². The van der Waals surface area contributed by atoms with Crippen molar-refractivity contribution < 1.29 is 0 Å². The second kappa shape index (κ2) is 34.1. The second-order valence-electron chi connectivity index (χ2n) is 29.3. The standard InChI is InChI=1S/C16H21N.2C13H18N2.C11H15N3.3C10H15N.C6H9N3/c1-8-9(2)13(6)16-15(11(8)4)12(5)10(3)14(7)17-16;1-7-8(2)11(5)15-12(6)10(4)14-13(15)9(7)3;1-7-8(2)10(4)13-12(9(7)3)14-11(5)15(13)6;1-6-7(2)12-11-13-8(3)10(5)14(11)9(6)4;3*1-6-7(2)9(4)11-10(5)8(6)3;1-4-7-5(2)9-6(3)8-4/h1-7H3;2*1-6H3;1-5H3;3*1-5H3;1-3H3. The fourth-order valence-electron chi connectivity index (χ4n) is 13.2. The van der Waals surface area contributed by atoms with E-state index in [-0.39, 0.29) is 0 Å². The zero-order valence-electron chi connectivity index (χ0n) is 71.8. The van der Waals surface area contributed by atoms with Crippen molar-refractivity contribution in [1.82, 2.24) is 68.2 Å². The first kappa shape index (κ1) is 84.7. The maximum absolute atomic E-state index is 4.80. The summed E-state index contributed by atoms with van der Waals surface area (Å²) in [5.74, 6) is 4.28. The molecule has 0 bridgehead atoms. The topological polar surface area (TPSA) is 156 Å². The number of aryl methyl sites for hydroxylation is 25. The lowest BCUT2D eigenvalue weighted by atomic mass is 9.90. The summed E-state index contributed by atoms with van der Waals surface area (Å²) in [4.78, 5) is 48.3. The van der Waals surface area contributed by atoms with E-state index in [0.29, 0.717) is 0 Å². The van der Waals surface area contributed by atoms with Gasteiger partial charge in [-0.3, -0.25) is 24.3 Å². The Balaban J connectivity index is 0.000000213. The molecule has 0 saturated carbocycles. The Morgan fingerprint density at radius 2 is 0.466 bits per heavy atom. The van der Waals surface area contributed by atoms with E-state index in [1.807, 2.05) is 34.6 Å². The van der Waals surface area contributed by atoms with Crippen LogP contribution in [0.3, 0.4) is 0 Å². The van der Waals surface area contributed by atoms with Gasteiger partial charge in [-0.15, -0.1) is 0 Å². The van der Waals surface area contributed by atoms with E-state index in [2.05, 4.69) is 320 Å². The summed E-state index contributed by atoms with van der Waals surface area (Å²) in [5.41, 5.74) is 52.2. The van der Waals surface area contributed by atoms with E-state index in [1.165, 1.54) is 167 Å². The van der Waals surface area contributed by atoms with Crippen LogP contribution in [0.5, 0.6) is 0 Å². The summed E-state index contributed by atoms with van der Waals surface area (Å²) in [6.45, 7) is 86.6. The lowest BCUT2D eigenvalue weighted by Gasteiger charge is -2.17. The lowest BCUT2D eigenvalue weighted by Crippen LogP contribution is -2.02. The van der Waals surface area contributed by atoms with Crippen molar-refractivity contribution in [2.75, 3.05) is 0 Å². The molecule has 0 unspecified atom stereocenters. The van der Waals surface area contributed by atoms with Gasteiger partial charge in [-0.25, -0.2) is 34.9 Å². The quantitative estimate of drug-likeness (QED) is 0.142. The van der Waals surface area contributed by atoms with Crippen molar-refractivity contribution in [3.8, 4) is 0 Å². The number of hydrogen-bond donors (Lipinski definition) is 0. The number of benzene rings is 2. The van der Waals surface area contributed by atoms with Crippen LogP contribution in [0.2, 0.25) is 0 Å². The molecule has 552 valence electrons. The van der Waals surface area contributed by atoms with Gasteiger partial charge in [0.05, 0.1) is 27.9 Å². The molecule has 0 atom stereocenters. The van der Waals surface area contributed by atoms with E-state index in [9.17, 15) is 0 Å². The molecule has 0 saturated heterocycles. The average Bonchev–Trinajstić information content (AvgIpc) is 1.72. The smallest absolute Gasteiger partial charge is 0.234 e. The predicted octanol–water partition coefficient (Wildman–Crippen LogP) is 21.6. The molecule has 103 heavy (non-hydrogen) atoms. The van der Waals surface area contributed by atoms with Gasteiger partial charge in [0.2, 0.25) is 5.78 Å². The molecule has 0 spiro atoms. The lowest BCUT2D eigenvalue weighted by molar-refractivity contribution is 0.875. The van der Waals surface area contributed by atoms with E-state index in [0.717, 1.165) is 97.2 Å². The van der Waals surface area contributed by atoms with Crippen molar-refractivity contribution in [1.29, 1.82) is 0 Å². The molecule has 12 aromatic rings. The highest BCUT2D eigenvalue weighted by Gasteiger charge is 2.18. The summed E-state index contributed by atoms with van der Waals surface area (Å²) in [6, 6.07) is 0. The van der Waals surface area contributed by atoms with Gasteiger partial charge in [0.15, 0.2) is 0 Å². The third-order valence-corrected chi connectivity index (χ3v) is 23.4. The van der Waals surface area contributed by atoms with Gasteiger partial charge in [-0.1, -0.05) is 0 Å². The highest BCUT2D eigenvalue weighted by atomic mass is 15.1. The van der Waals surface area contributed by atoms with E-state index in [4.69, 9.17) is 4.98 Å². The highest BCUT2D eigenvalue weighted by Crippen LogP contribution is 2.33. The molecule has 14 nitrogen and oxygen atoms in total. The highest BCUT2D eigenvalue weighted by molar-refractivity contribution is 5.91. The molecule has 14 heteroatoms. The van der Waals surface area contributed by atoms with Crippen molar-refractivity contribution in [3.05, 3.63) is 231 Å². The zero-order chi connectivity index (χ0) is 78.6. The third-order valence-electron chi connectivity index (χ3n) is 23.4. The monoisotopic (exact) mass is 1390 g/mol. The van der Waals surface area contributed by atoms with Gasteiger partial charge in [-0.2, -0.15) is 0 Å². The number of fused-ring (bicyclic) bond motifs is 4. The largest absolute Gasteiger partial charge is 0.331 e. The van der Waals surface area contributed by atoms with Crippen LogP contribution in [0.25, 0.3) is 33.4 Å². The average molecular weight is 1390 g/mol. The molecule has 12 rings (SSSR count). The SMILES string of the molecule is Cc1c(C)c(C)c2c(nc(C)n2C)c1C.Cc1nc(C)c(C)c(C)c1C.Cc1nc(C)c(C)c(C)c1C.Cc1nc(C)c(C)c(C)c1C.Cc1nc(C)nc(C)n1.Cc1nc2c(C)c(C)c(C)c(C)c2c(C)c1C.Cc1nc2c(C)c(C)c(C)c(C)n2c1C.Cc1nc2nc(C)c(C)n2c(C)c1C. The van der Waals surface area contributed by atoms with E-state index < -0.39 is 0 Å². The molecule has 0 aliphatic carbocycles. The van der Waals surface area contributed by atoms with Crippen LogP contribution < -0.4 is 0 Å². The Hall–Kier alpha value is -8.91. The molecule has 0 amide bonds. The van der Waals surface area contributed by atoms with Crippen LogP contribution in [0.4, 0.5) is 0 Å². The maximum atomic E-state index is 4.80. The summed E-state index contributed by atoms with van der Waals surface area (Å²) >= 11 is 0. The number of pyridine rings is 5. The summed E-state index contributed by atoms with van der Waals surface area (Å²) in [7, 11) is 2.09. The predicted molar refractivity (Wildman–Crippen MR) is 437 cm³/mol. The number of imidazole rings is 3. The molecular formula is C89H126N14. The Labute approximate surface area is 620 Å². The molecule has 0 aliphatic rings. The van der Waals surface area contributed by atoms with Gasteiger partial charge in [-0.05, 0) is 412 Å². The summed E-state index contributed by atoms with van der Waals surface area (Å²) < 4.78 is 6.58. The second-order valence-corrected chi connectivity index (χ2v) is 29.3. The normalized spacial score (nSPS) is 10.8. The minimum absolute atomic E-state index is 0.792. The van der Waals surface area contributed by atoms with Crippen molar-refractivity contribution >= 4 is 33.4 Å². The number of aromatic nitrogens is 14. The van der Waals surface area contributed by atoms with Crippen LogP contribution in [-0.2, 0) is 7.05 Å². The molecule has 10 heterocycles. The van der Waals surface area contributed by atoms with Crippen molar-refractivity contribution in [3.63, 3.8) is 0 Å². The van der Waals surface area contributed by atoms with Crippen LogP contribution in [0.15, 0.2) is 0 Å². The van der Waals surface area contributed by atoms with Gasteiger partial charge in [0.1, 0.15) is 28.9 Å². The number of rotatable bonds is 0. The van der Waals surface area contributed by atoms with Crippen LogP contribution >= 0.6 is 0 Å². The van der Waals surface area contributed by atoms with Crippen LogP contribution in [-0.4, -0.2) is 68.2 Å². The van der Waals surface area contributed by atoms with Crippen LogP contribution in [0, 0.1) is 284 Å². The third kappa shape index (κ3) is 18.0. The molecule has 10 aromatic heterocycles. The van der Waals surface area contributed by atoms with E-state index in [1.54, 1.807) is 0 Å². The first-order chi connectivity index (χ1) is 47.6. The molecule has 0 fully saturated rings. The van der Waals surface area contributed by atoms with E-state index >= 15 is 0 Å². The Kier molecular flexibility index (Phi) is 28.1. The first-order valence-electron chi connectivity index (χ1n) is 36.4. The first-order valence-corrected chi connectivity index (χ1v) is 36.4. The molecule has 0 aliphatic heterocycles. The number of nitrogens with zero attached hydrogens (tertiary/aromatic N) is 14. The van der Waals surface area contributed by atoms with Gasteiger partial charge >= 0.3 is 0 Å². The minimum atomic E-state index is 0.792. The Bertz CT molecular complexity index is 4830. The summed E-state index contributed by atoms with van der Waals surface area (Å²) in [6.07, 6.45) is 0. The van der Waals surface area contributed by atoms with Crippen molar-refractivity contribution in [2.45, 2.75) is 284 Å². The Morgan fingerprint density at radius 1 is 0.184 bits per heavy atom. The summed E-state index contributed by atoms with van der Waals surface area (Å²) in [5, 5.41) is 1.36. The fourth-order valence-corrected chi connectivity index (χ4v) is 13.2. The van der Waals surface area contributed by atoms with Gasteiger partial charge in [0.25, 0.3) is 0 Å². The van der Waals surface area contributed by atoms with Crippen molar-refractivity contribution in [2.24, 2.45) is 7.05 Å². The Morgan fingerprint density at radius 3 is 0.874 bits per heavy atom. The van der Waals surface area contributed by atoms with Crippen LogP contribution in [0.1, 0.15) is 231 Å². The minimum Gasteiger partial charge on any atom is -0.331 e. The number of hydrogen-bond acceptors (Lipinski definition) is 11. The maximum Gasteiger partial charge on any atom is 0.234 e.